The molecule has 0 spiro atoms. The number of aryl methyl sites for hydroxylation is 2. The molecule has 0 N–H and O–H groups in total. The number of hydrogen-bond donors (Lipinski definition) is 0. The Morgan fingerprint density at radius 2 is 1.86 bits per heavy atom. The third kappa shape index (κ3) is 2.38. The molecule has 3 aromatic rings. The summed E-state index contributed by atoms with van der Waals surface area (Å²) in [5, 5.41) is 0.868. The van der Waals surface area contributed by atoms with Crippen LogP contribution in [-0.2, 0) is 6.42 Å². The summed E-state index contributed by atoms with van der Waals surface area (Å²) in [6, 6.07) is 10.9. The molecular formula is C17H14ClFN2. The Bertz CT molecular complexity index is 830. The molecule has 3 rings (SSSR count). The Morgan fingerprint density at radius 3 is 2.62 bits per heavy atom. The van der Waals surface area contributed by atoms with E-state index < -0.39 is 0 Å². The monoisotopic (exact) mass is 300 g/mol. The number of benzene rings is 2. The van der Waals surface area contributed by atoms with Crippen LogP contribution in [0.1, 0.15) is 18.1 Å². The van der Waals surface area contributed by atoms with Gasteiger partial charge < -0.3 is 0 Å². The third-order valence-corrected chi connectivity index (χ3v) is 3.88. The first kappa shape index (κ1) is 14.0. The molecule has 0 saturated carbocycles. The van der Waals surface area contributed by atoms with Crippen LogP contribution in [0.2, 0.25) is 5.15 Å². The highest BCUT2D eigenvalue weighted by Gasteiger charge is 2.14. The van der Waals surface area contributed by atoms with Gasteiger partial charge in [-0.25, -0.2) is 14.4 Å². The molecule has 0 saturated heterocycles. The molecule has 0 bridgehead atoms. The summed E-state index contributed by atoms with van der Waals surface area (Å²) in [7, 11) is 0. The molecule has 0 aliphatic rings. The second-order valence-electron chi connectivity index (χ2n) is 4.94. The molecule has 0 unspecified atom stereocenters. The van der Waals surface area contributed by atoms with Crippen LogP contribution >= 0.6 is 11.6 Å². The van der Waals surface area contributed by atoms with Gasteiger partial charge in [0.1, 0.15) is 16.5 Å². The summed E-state index contributed by atoms with van der Waals surface area (Å²) in [6.07, 6.45) is 0.853. The van der Waals surface area contributed by atoms with E-state index in [2.05, 4.69) is 16.9 Å². The summed E-state index contributed by atoms with van der Waals surface area (Å²) < 4.78 is 14.1. The second kappa shape index (κ2) is 5.41. The maximum absolute atomic E-state index is 14.1. The minimum absolute atomic E-state index is 0.274. The van der Waals surface area contributed by atoms with Crippen molar-refractivity contribution in [1.82, 2.24) is 9.97 Å². The van der Waals surface area contributed by atoms with E-state index in [1.165, 1.54) is 6.07 Å². The predicted octanol–water partition coefficient (Wildman–Crippen LogP) is 4.96. The highest BCUT2D eigenvalue weighted by Crippen LogP contribution is 2.30. The lowest BCUT2D eigenvalue weighted by molar-refractivity contribution is 0.636. The van der Waals surface area contributed by atoms with E-state index in [9.17, 15) is 4.39 Å². The zero-order valence-corrected chi connectivity index (χ0v) is 12.6. The van der Waals surface area contributed by atoms with E-state index in [0.717, 1.165) is 23.1 Å². The minimum Gasteiger partial charge on any atom is -0.225 e. The molecule has 2 aromatic carbocycles. The zero-order chi connectivity index (χ0) is 15.0. The Labute approximate surface area is 127 Å². The molecular weight excluding hydrogens is 287 g/mol. The topological polar surface area (TPSA) is 25.8 Å². The largest absolute Gasteiger partial charge is 0.225 e. The minimum atomic E-state index is -0.380. The first-order valence-corrected chi connectivity index (χ1v) is 7.20. The van der Waals surface area contributed by atoms with Crippen LogP contribution in [0.15, 0.2) is 36.4 Å². The van der Waals surface area contributed by atoms with E-state index in [0.29, 0.717) is 11.2 Å². The molecule has 0 aliphatic heterocycles. The lowest BCUT2D eigenvalue weighted by atomic mass is 10.0. The van der Waals surface area contributed by atoms with Gasteiger partial charge in [-0.1, -0.05) is 48.9 Å². The van der Waals surface area contributed by atoms with Crippen LogP contribution in [0.4, 0.5) is 4.39 Å². The number of aromatic nitrogens is 2. The molecule has 0 amide bonds. The van der Waals surface area contributed by atoms with Crippen LogP contribution in [0.25, 0.3) is 22.3 Å². The van der Waals surface area contributed by atoms with Gasteiger partial charge in [0.15, 0.2) is 5.82 Å². The van der Waals surface area contributed by atoms with Gasteiger partial charge >= 0.3 is 0 Å². The van der Waals surface area contributed by atoms with Crippen LogP contribution in [-0.4, -0.2) is 9.97 Å². The quantitative estimate of drug-likeness (QED) is 0.625. The normalized spacial score (nSPS) is 11.0. The fourth-order valence-electron chi connectivity index (χ4n) is 2.48. The third-order valence-electron chi connectivity index (χ3n) is 3.60. The SMILES string of the molecule is CCc1ccccc1-c1nc(Cl)c2c(C)ccc(F)c2n1. The number of fused-ring (bicyclic) bond motifs is 1. The van der Waals surface area contributed by atoms with Crippen LogP contribution in [0, 0.1) is 12.7 Å². The first-order valence-electron chi connectivity index (χ1n) is 6.82. The van der Waals surface area contributed by atoms with Gasteiger partial charge in [-0.05, 0) is 30.5 Å². The van der Waals surface area contributed by atoms with Gasteiger partial charge in [-0.2, -0.15) is 0 Å². The summed E-state index contributed by atoms with van der Waals surface area (Å²) in [6.45, 7) is 3.93. The van der Waals surface area contributed by atoms with Crippen LogP contribution < -0.4 is 0 Å². The number of nitrogens with zero attached hydrogens (tertiary/aromatic N) is 2. The predicted molar refractivity (Wildman–Crippen MR) is 84.1 cm³/mol. The Balaban J connectivity index is 2.33. The van der Waals surface area contributed by atoms with E-state index in [1.54, 1.807) is 6.07 Å². The first-order chi connectivity index (χ1) is 10.1. The number of rotatable bonds is 2. The number of hydrogen-bond acceptors (Lipinski definition) is 2. The average molecular weight is 301 g/mol. The molecule has 2 nitrogen and oxygen atoms in total. The maximum atomic E-state index is 14.1. The van der Waals surface area contributed by atoms with Crippen LogP contribution in [0.5, 0.6) is 0 Å². The standard InChI is InChI=1S/C17H14ClFN2/c1-3-11-6-4-5-7-12(11)17-20-15-13(19)9-8-10(2)14(15)16(18)21-17/h4-9H,3H2,1-2H3. The van der Waals surface area contributed by atoms with Crippen molar-refractivity contribution in [3.63, 3.8) is 0 Å². The smallest absolute Gasteiger partial charge is 0.161 e. The van der Waals surface area contributed by atoms with Crippen molar-refractivity contribution in [3.05, 3.63) is 58.5 Å². The van der Waals surface area contributed by atoms with E-state index in [-0.39, 0.29) is 16.5 Å². The molecule has 0 fully saturated rings. The molecule has 21 heavy (non-hydrogen) atoms. The van der Waals surface area contributed by atoms with Gasteiger partial charge in [0.05, 0.1) is 0 Å². The lowest BCUT2D eigenvalue weighted by Gasteiger charge is -2.10. The highest BCUT2D eigenvalue weighted by atomic mass is 35.5. The van der Waals surface area contributed by atoms with Crippen molar-refractivity contribution in [2.75, 3.05) is 0 Å². The van der Waals surface area contributed by atoms with E-state index in [1.807, 2.05) is 31.2 Å². The fraction of sp³-hybridized carbons (Fsp3) is 0.176. The van der Waals surface area contributed by atoms with Gasteiger partial charge in [0.25, 0.3) is 0 Å². The summed E-state index contributed by atoms with van der Waals surface area (Å²) in [5.74, 6) is 0.0876. The zero-order valence-electron chi connectivity index (χ0n) is 11.8. The molecule has 1 aromatic heterocycles. The Kier molecular flexibility index (Phi) is 3.60. The molecule has 0 aliphatic carbocycles. The Morgan fingerprint density at radius 1 is 1.10 bits per heavy atom. The molecule has 106 valence electrons. The Hall–Kier alpha value is -2.00. The van der Waals surface area contributed by atoms with Crippen molar-refractivity contribution >= 4 is 22.5 Å². The van der Waals surface area contributed by atoms with E-state index >= 15 is 0 Å². The van der Waals surface area contributed by atoms with Gasteiger partial charge in [-0.15, -0.1) is 0 Å². The van der Waals surface area contributed by atoms with Crippen molar-refractivity contribution < 1.29 is 4.39 Å². The van der Waals surface area contributed by atoms with Gasteiger partial charge in [0.2, 0.25) is 0 Å². The van der Waals surface area contributed by atoms with E-state index in [4.69, 9.17) is 11.6 Å². The van der Waals surface area contributed by atoms with Crippen LogP contribution in [0.3, 0.4) is 0 Å². The number of halogens is 2. The summed E-state index contributed by atoms with van der Waals surface area (Å²) >= 11 is 6.27. The molecule has 1 heterocycles. The van der Waals surface area contributed by atoms with Crippen molar-refractivity contribution in [3.8, 4) is 11.4 Å². The molecule has 4 heteroatoms. The van der Waals surface area contributed by atoms with Gasteiger partial charge in [-0.3, -0.25) is 0 Å². The van der Waals surface area contributed by atoms with Crippen molar-refractivity contribution in [2.45, 2.75) is 20.3 Å². The average Bonchev–Trinajstić information content (AvgIpc) is 2.50. The fourth-order valence-corrected chi connectivity index (χ4v) is 2.80. The van der Waals surface area contributed by atoms with Crippen molar-refractivity contribution in [1.29, 1.82) is 0 Å². The highest BCUT2D eigenvalue weighted by molar-refractivity contribution is 6.34. The summed E-state index contributed by atoms with van der Waals surface area (Å²) in [5.41, 5.74) is 3.15. The van der Waals surface area contributed by atoms with Gasteiger partial charge in [0, 0.05) is 10.9 Å². The maximum Gasteiger partial charge on any atom is 0.161 e. The molecule has 0 radical (unpaired) electrons. The lowest BCUT2D eigenvalue weighted by Crippen LogP contribution is -1.98. The van der Waals surface area contributed by atoms with Crippen molar-refractivity contribution in [2.24, 2.45) is 0 Å². The molecule has 0 atom stereocenters. The summed E-state index contributed by atoms with van der Waals surface area (Å²) in [4.78, 5) is 8.77. The second-order valence-corrected chi connectivity index (χ2v) is 5.29.